The molecule has 4 heteroatoms. The number of carbonyl (C=O) groups is 1. The maximum atomic E-state index is 11.8. The molecule has 1 heterocycles. The fourth-order valence-corrected chi connectivity index (χ4v) is 1.69. The minimum atomic E-state index is 0.0433. The molecule has 16 heavy (non-hydrogen) atoms. The first kappa shape index (κ1) is 10.9. The van der Waals surface area contributed by atoms with Gasteiger partial charge in [-0.05, 0) is 37.5 Å². The highest BCUT2D eigenvalue weighted by Gasteiger charge is 2.32. The van der Waals surface area contributed by atoms with Gasteiger partial charge in [-0.1, -0.05) is 0 Å². The third-order valence-corrected chi connectivity index (χ3v) is 2.68. The molecule has 1 aromatic heterocycles. The molecule has 1 fully saturated rings. The van der Waals surface area contributed by atoms with E-state index in [0.717, 1.165) is 18.4 Å². The smallest absolute Gasteiger partial charge is 0.317 e. The van der Waals surface area contributed by atoms with E-state index in [1.165, 1.54) is 0 Å². The summed E-state index contributed by atoms with van der Waals surface area (Å²) in [4.78, 5) is 17.7. The molecular weight excluding hydrogens is 202 g/mol. The molecule has 2 amide bonds. The van der Waals surface area contributed by atoms with Gasteiger partial charge in [0.2, 0.25) is 0 Å². The van der Waals surface area contributed by atoms with Gasteiger partial charge in [0.15, 0.2) is 0 Å². The van der Waals surface area contributed by atoms with Crippen molar-refractivity contribution in [2.75, 3.05) is 6.54 Å². The molecule has 2 rings (SSSR count). The van der Waals surface area contributed by atoms with Crippen molar-refractivity contribution in [2.24, 2.45) is 0 Å². The molecule has 0 aliphatic heterocycles. The number of amides is 2. The Balaban J connectivity index is 2.00. The summed E-state index contributed by atoms with van der Waals surface area (Å²) >= 11 is 0. The van der Waals surface area contributed by atoms with Gasteiger partial charge in [-0.15, -0.1) is 0 Å². The first-order valence-corrected chi connectivity index (χ1v) is 5.74. The summed E-state index contributed by atoms with van der Waals surface area (Å²) in [7, 11) is 0. The molecule has 86 valence electrons. The summed E-state index contributed by atoms with van der Waals surface area (Å²) in [6.07, 6.45) is 5.78. The predicted octanol–water partition coefficient (Wildman–Crippen LogP) is 1.78. The van der Waals surface area contributed by atoms with E-state index in [1.54, 1.807) is 12.4 Å². The van der Waals surface area contributed by atoms with Gasteiger partial charge in [0.25, 0.3) is 0 Å². The van der Waals surface area contributed by atoms with E-state index in [2.05, 4.69) is 10.3 Å². The van der Waals surface area contributed by atoms with Crippen LogP contribution in [0.1, 0.15) is 25.3 Å². The summed E-state index contributed by atoms with van der Waals surface area (Å²) in [6, 6.07) is 4.38. The largest absolute Gasteiger partial charge is 0.338 e. The summed E-state index contributed by atoms with van der Waals surface area (Å²) in [6.45, 7) is 3.30. The highest BCUT2D eigenvalue weighted by Crippen LogP contribution is 2.28. The monoisotopic (exact) mass is 219 g/mol. The predicted molar refractivity (Wildman–Crippen MR) is 61.9 cm³/mol. The summed E-state index contributed by atoms with van der Waals surface area (Å²) < 4.78 is 0. The molecule has 0 bridgehead atoms. The van der Waals surface area contributed by atoms with Gasteiger partial charge in [-0.25, -0.2) is 4.79 Å². The van der Waals surface area contributed by atoms with Gasteiger partial charge in [0.05, 0.1) is 0 Å². The summed E-state index contributed by atoms with van der Waals surface area (Å²) in [5.74, 6) is 0. The average molecular weight is 219 g/mol. The van der Waals surface area contributed by atoms with Crippen LogP contribution in [-0.4, -0.2) is 28.5 Å². The Kier molecular flexibility index (Phi) is 3.39. The van der Waals surface area contributed by atoms with E-state index < -0.39 is 0 Å². The number of hydrogen-bond acceptors (Lipinski definition) is 2. The second kappa shape index (κ2) is 4.96. The van der Waals surface area contributed by atoms with Crippen molar-refractivity contribution in [2.45, 2.75) is 32.4 Å². The topological polar surface area (TPSA) is 45.2 Å². The molecule has 1 aromatic rings. The molecular formula is C12H17N3O. The Hall–Kier alpha value is -1.58. The molecule has 4 nitrogen and oxygen atoms in total. The number of hydrogen-bond donors (Lipinski definition) is 1. The number of urea groups is 1. The van der Waals surface area contributed by atoms with Crippen LogP contribution in [0.2, 0.25) is 0 Å². The lowest BCUT2D eigenvalue weighted by molar-refractivity contribution is 0.192. The van der Waals surface area contributed by atoms with Crippen LogP contribution in [0, 0.1) is 0 Å². The molecule has 1 aliphatic carbocycles. The molecule has 0 unspecified atom stereocenters. The maximum Gasteiger partial charge on any atom is 0.317 e. The van der Waals surface area contributed by atoms with Crippen LogP contribution in [0.15, 0.2) is 24.5 Å². The van der Waals surface area contributed by atoms with E-state index in [4.69, 9.17) is 0 Å². The van der Waals surface area contributed by atoms with Crippen LogP contribution in [-0.2, 0) is 6.54 Å². The van der Waals surface area contributed by atoms with Gasteiger partial charge in [0.1, 0.15) is 0 Å². The zero-order valence-corrected chi connectivity index (χ0v) is 9.52. The van der Waals surface area contributed by atoms with Gasteiger partial charge in [0, 0.05) is 31.5 Å². The molecule has 0 aromatic carbocycles. The van der Waals surface area contributed by atoms with Gasteiger partial charge in [-0.3, -0.25) is 4.98 Å². The lowest BCUT2D eigenvalue weighted by Crippen LogP contribution is -2.40. The second-order valence-electron chi connectivity index (χ2n) is 4.05. The van der Waals surface area contributed by atoms with E-state index in [-0.39, 0.29) is 6.03 Å². The van der Waals surface area contributed by atoms with E-state index >= 15 is 0 Å². The third kappa shape index (κ3) is 2.72. The van der Waals surface area contributed by atoms with E-state index in [9.17, 15) is 4.79 Å². The normalized spacial score (nSPS) is 14.6. The van der Waals surface area contributed by atoms with Crippen molar-refractivity contribution in [3.8, 4) is 0 Å². The van der Waals surface area contributed by atoms with E-state index in [1.807, 2.05) is 24.0 Å². The maximum absolute atomic E-state index is 11.8. The number of aromatic nitrogens is 1. The number of rotatable bonds is 4. The Morgan fingerprint density at radius 1 is 1.50 bits per heavy atom. The second-order valence-corrected chi connectivity index (χ2v) is 4.05. The van der Waals surface area contributed by atoms with Crippen LogP contribution in [0.3, 0.4) is 0 Å². The Morgan fingerprint density at radius 2 is 2.19 bits per heavy atom. The van der Waals surface area contributed by atoms with Crippen LogP contribution in [0.4, 0.5) is 4.79 Å². The lowest BCUT2D eigenvalue weighted by Gasteiger charge is -2.22. The Labute approximate surface area is 95.7 Å². The zero-order valence-electron chi connectivity index (χ0n) is 9.52. The SMILES string of the molecule is CCNC(=O)N(Cc1ccncc1)C1CC1. The molecule has 0 radical (unpaired) electrons. The number of nitrogens with one attached hydrogen (secondary N) is 1. The molecule has 1 saturated carbocycles. The van der Waals surface area contributed by atoms with Gasteiger partial charge in [-0.2, -0.15) is 0 Å². The zero-order chi connectivity index (χ0) is 11.4. The number of pyridine rings is 1. The van der Waals surface area contributed by atoms with Crippen molar-refractivity contribution < 1.29 is 4.79 Å². The lowest BCUT2D eigenvalue weighted by atomic mass is 10.2. The van der Waals surface area contributed by atoms with Crippen molar-refractivity contribution in [1.82, 2.24) is 15.2 Å². The standard InChI is InChI=1S/C12H17N3O/c1-2-14-12(16)15(11-3-4-11)9-10-5-7-13-8-6-10/h5-8,11H,2-4,9H2,1H3,(H,14,16). The van der Waals surface area contributed by atoms with Crippen LogP contribution in [0.5, 0.6) is 0 Å². The van der Waals surface area contributed by atoms with Gasteiger partial charge >= 0.3 is 6.03 Å². The Bertz CT molecular complexity index is 349. The van der Waals surface area contributed by atoms with Crippen molar-refractivity contribution in [3.05, 3.63) is 30.1 Å². The number of nitrogens with zero attached hydrogens (tertiary/aromatic N) is 2. The minimum Gasteiger partial charge on any atom is -0.338 e. The first-order chi connectivity index (χ1) is 7.81. The quantitative estimate of drug-likeness (QED) is 0.839. The van der Waals surface area contributed by atoms with Crippen molar-refractivity contribution in [3.63, 3.8) is 0 Å². The van der Waals surface area contributed by atoms with Crippen LogP contribution in [0.25, 0.3) is 0 Å². The van der Waals surface area contributed by atoms with E-state index in [0.29, 0.717) is 19.1 Å². The first-order valence-electron chi connectivity index (χ1n) is 5.74. The van der Waals surface area contributed by atoms with Crippen LogP contribution >= 0.6 is 0 Å². The highest BCUT2D eigenvalue weighted by molar-refractivity contribution is 5.74. The molecule has 0 atom stereocenters. The molecule has 0 saturated heterocycles. The van der Waals surface area contributed by atoms with Crippen LogP contribution < -0.4 is 5.32 Å². The summed E-state index contributed by atoms with van der Waals surface area (Å²) in [5, 5.41) is 2.86. The fraction of sp³-hybridized carbons (Fsp3) is 0.500. The third-order valence-electron chi connectivity index (χ3n) is 2.68. The fourth-order valence-electron chi connectivity index (χ4n) is 1.69. The summed E-state index contributed by atoms with van der Waals surface area (Å²) in [5.41, 5.74) is 1.13. The highest BCUT2D eigenvalue weighted by atomic mass is 16.2. The van der Waals surface area contributed by atoms with Crippen molar-refractivity contribution >= 4 is 6.03 Å². The minimum absolute atomic E-state index is 0.0433. The van der Waals surface area contributed by atoms with Crippen molar-refractivity contribution in [1.29, 1.82) is 0 Å². The number of carbonyl (C=O) groups excluding carboxylic acids is 1. The van der Waals surface area contributed by atoms with Gasteiger partial charge < -0.3 is 10.2 Å². The average Bonchev–Trinajstić information content (AvgIpc) is 3.11. The molecule has 0 spiro atoms. The molecule has 1 N–H and O–H groups in total. The Morgan fingerprint density at radius 3 is 2.75 bits per heavy atom. The molecule has 1 aliphatic rings.